The monoisotopic (exact) mass is 398 g/mol. The SMILES string of the molecule is CCC1CC[C@]2(C)C3CCC4[C@@]5(C)CCCC(C)(C)C5CC[C@@]4(C)[C@]3(C)CC[C@H]12. The predicted octanol–water partition coefficient (Wildman–Crippen LogP) is 8.89. The summed E-state index contributed by atoms with van der Waals surface area (Å²) >= 11 is 0. The minimum Gasteiger partial charge on any atom is -0.0651 e. The van der Waals surface area contributed by atoms with Crippen molar-refractivity contribution in [3.05, 3.63) is 0 Å². The third-order valence-electron chi connectivity index (χ3n) is 13.4. The topological polar surface area (TPSA) is 0 Å². The van der Waals surface area contributed by atoms with Crippen molar-refractivity contribution in [3.8, 4) is 0 Å². The maximum absolute atomic E-state index is 2.81. The highest BCUT2D eigenvalue weighted by Crippen LogP contribution is 2.77. The van der Waals surface area contributed by atoms with E-state index in [1.807, 2.05) is 0 Å². The van der Waals surface area contributed by atoms with E-state index in [4.69, 9.17) is 0 Å². The van der Waals surface area contributed by atoms with Crippen molar-refractivity contribution >= 4 is 0 Å². The van der Waals surface area contributed by atoms with Crippen molar-refractivity contribution in [1.29, 1.82) is 0 Å². The first-order valence-electron chi connectivity index (χ1n) is 13.5. The molecular weight excluding hydrogens is 348 g/mol. The molecule has 0 spiro atoms. The van der Waals surface area contributed by atoms with Crippen LogP contribution in [-0.2, 0) is 0 Å². The van der Waals surface area contributed by atoms with Gasteiger partial charge in [0.1, 0.15) is 0 Å². The van der Waals surface area contributed by atoms with E-state index in [0.29, 0.717) is 27.1 Å². The molecule has 29 heavy (non-hydrogen) atoms. The van der Waals surface area contributed by atoms with E-state index in [-0.39, 0.29) is 0 Å². The summed E-state index contributed by atoms with van der Waals surface area (Å²) in [6.07, 6.45) is 18.1. The van der Waals surface area contributed by atoms with Gasteiger partial charge >= 0.3 is 0 Å². The van der Waals surface area contributed by atoms with Crippen LogP contribution in [0.2, 0.25) is 0 Å². The molecule has 5 fully saturated rings. The molecule has 0 aromatic heterocycles. The molecule has 5 saturated carbocycles. The van der Waals surface area contributed by atoms with E-state index >= 15 is 0 Å². The average Bonchev–Trinajstić information content (AvgIpc) is 2.98. The molecule has 0 bridgehead atoms. The molecule has 166 valence electrons. The molecule has 0 aromatic rings. The van der Waals surface area contributed by atoms with Crippen LogP contribution < -0.4 is 0 Å². The molecular formula is C29H50. The predicted molar refractivity (Wildman–Crippen MR) is 125 cm³/mol. The summed E-state index contributed by atoms with van der Waals surface area (Å²) in [6, 6.07) is 0. The molecule has 5 aliphatic rings. The van der Waals surface area contributed by atoms with Crippen LogP contribution in [0.1, 0.15) is 126 Å². The van der Waals surface area contributed by atoms with Crippen molar-refractivity contribution in [2.45, 2.75) is 126 Å². The first kappa shape index (κ1) is 20.9. The van der Waals surface area contributed by atoms with Crippen LogP contribution in [0.15, 0.2) is 0 Å². The van der Waals surface area contributed by atoms with Crippen molar-refractivity contribution in [2.75, 3.05) is 0 Å². The Morgan fingerprint density at radius 3 is 1.86 bits per heavy atom. The van der Waals surface area contributed by atoms with Crippen molar-refractivity contribution in [3.63, 3.8) is 0 Å². The normalized spacial score (nSPS) is 58.7. The summed E-state index contributed by atoms with van der Waals surface area (Å²) in [4.78, 5) is 0. The van der Waals surface area contributed by atoms with Crippen molar-refractivity contribution in [2.24, 2.45) is 56.7 Å². The van der Waals surface area contributed by atoms with Gasteiger partial charge in [-0.05, 0) is 121 Å². The average molecular weight is 399 g/mol. The smallest absolute Gasteiger partial charge is 0.0235 e. The molecule has 0 saturated heterocycles. The van der Waals surface area contributed by atoms with Gasteiger partial charge in [0.2, 0.25) is 0 Å². The lowest BCUT2D eigenvalue weighted by atomic mass is 9.32. The van der Waals surface area contributed by atoms with Crippen molar-refractivity contribution < 1.29 is 0 Å². The Bertz CT molecular complexity index is 661. The van der Waals surface area contributed by atoms with Gasteiger partial charge in [-0.3, -0.25) is 0 Å². The molecule has 0 radical (unpaired) electrons. The van der Waals surface area contributed by atoms with Crippen LogP contribution in [0.25, 0.3) is 0 Å². The Morgan fingerprint density at radius 2 is 1.21 bits per heavy atom. The fourth-order valence-electron chi connectivity index (χ4n) is 11.9. The summed E-state index contributed by atoms with van der Waals surface area (Å²) in [7, 11) is 0. The number of hydrogen-bond donors (Lipinski definition) is 0. The Hall–Kier alpha value is 0. The first-order valence-corrected chi connectivity index (χ1v) is 13.5. The molecule has 9 atom stereocenters. The van der Waals surface area contributed by atoms with Crippen LogP contribution in [0.4, 0.5) is 0 Å². The van der Waals surface area contributed by atoms with Crippen LogP contribution in [0.3, 0.4) is 0 Å². The highest BCUT2D eigenvalue weighted by Gasteiger charge is 2.69. The van der Waals surface area contributed by atoms with E-state index in [9.17, 15) is 0 Å². The highest BCUT2D eigenvalue weighted by molar-refractivity contribution is 5.18. The van der Waals surface area contributed by atoms with E-state index in [1.165, 1.54) is 64.2 Å². The summed E-state index contributed by atoms with van der Waals surface area (Å²) in [6.45, 7) is 18.8. The second-order valence-electron chi connectivity index (χ2n) is 14.3. The van der Waals surface area contributed by atoms with Gasteiger partial charge in [0.05, 0.1) is 0 Å². The summed E-state index contributed by atoms with van der Waals surface area (Å²) in [5.74, 6) is 4.99. The Balaban J connectivity index is 1.53. The zero-order valence-corrected chi connectivity index (χ0v) is 20.9. The quantitative estimate of drug-likeness (QED) is 0.413. The lowest BCUT2D eigenvalue weighted by Crippen LogP contribution is -2.65. The molecule has 0 nitrogen and oxygen atoms in total. The zero-order chi connectivity index (χ0) is 20.9. The largest absolute Gasteiger partial charge is 0.0651 e. The lowest BCUT2D eigenvalue weighted by Gasteiger charge is -2.73. The second-order valence-corrected chi connectivity index (χ2v) is 14.3. The standard InChI is InChI=1S/C29H50/c1-8-20-12-17-26(4)21(20)13-18-28(6)23(26)10-11-24-27(5)16-9-15-25(2,3)22(27)14-19-29(24,28)7/h20-24H,8-19H2,1-7H3/t20?,21-,22?,23?,24?,26+,27+,28-,29-/m1/s1. The van der Waals surface area contributed by atoms with Crippen LogP contribution in [0, 0.1) is 56.7 Å². The minimum atomic E-state index is 0.565. The van der Waals surface area contributed by atoms with Gasteiger partial charge in [0.25, 0.3) is 0 Å². The van der Waals surface area contributed by atoms with Gasteiger partial charge in [-0.15, -0.1) is 0 Å². The van der Waals surface area contributed by atoms with E-state index < -0.39 is 0 Å². The molecule has 0 heteroatoms. The molecule has 4 unspecified atom stereocenters. The zero-order valence-electron chi connectivity index (χ0n) is 20.9. The molecule has 0 amide bonds. The van der Waals surface area contributed by atoms with Gasteiger partial charge in [0, 0.05) is 0 Å². The first-order chi connectivity index (χ1) is 13.5. The van der Waals surface area contributed by atoms with Crippen LogP contribution in [-0.4, -0.2) is 0 Å². The Labute approximate surface area is 182 Å². The maximum Gasteiger partial charge on any atom is -0.0235 e. The highest BCUT2D eigenvalue weighted by atomic mass is 14.7. The fourth-order valence-corrected chi connectivity index (χ4v) is 11.9. The van der Waals surface area contributed by atoms with Gasteiger partial charge in [-0.1, -0.05) is 61.3 Å². The Morgan fingerprint density at radius 1 is 0.586 bits per heavy atom. The number of fused-ring (bicyclic) bond motifs is 7. The van der Waals surface area contributed by atoms with Crippen LogP contribution >= 0.6 is 0 Å². The summed E-state index contributed by atoms with van der Waals surface area (Å²) < 4.78 is 0. The lowest BCUT2D eigenvalue weighted by molar-refractivity contribution is -0.241. The van der Waals surface area contributed by atoms with Gasteiger partial charge in [-0.25, -0.2) is 0 Å². The summed E-state index contributed by atoms with van der Waals surface area (Å²) in [5.41, 5.74) is 2.97. The van der Waals surface area contributed by atoms with Crippen molar-refractivity contribution in [1.82, 2.24) is 0 Å². The second kappa shape index (κ2) is 6.28. The maximum atomic E-state index is 2.81. The molecule has 0 aliphatic heterocycles. The third kappa shape index (κ3) is 2.44. The van der Waals surface area contributed by atoms with E-state index in [1.54, 1.807) is 12.8 Å². The molecule has 5 aliphatic carbocycles. The minimum absolute atomic E-state index is 0.565. The summed E-state index contributed by atoms with van der Waals surface area (Å²) in [5, 5.41) is 0. The molecule has 0 heterocycles. The fraction of sp³-hybridized carbons (Fsp3) is 1.00. The van der Waals surface area contributed by atoms with Gasteiger partial charge in [0.15, 0.2) is 0 Å². The third-order valence-corrected chi connectivity index (χ3v) is 13.4. The number of hydrogen-bond acceptors (Lipinski definition) is 0. The van der Waals surface area contributed by atoms with E-state index in [2.05, 4.69) is 48.5 Å². The van der Waals surface area contributed by atoms with Crippen LogP contribution in [0.5, 0.6) is 0 Å². The van der Waals surface area contributed by atoms with E-state index in [0.717, 1.165) is 29.6 Å². The molecule has 5 rings (SSSR count). The number of rotatable bonds is 1. The molecule has 0 aromatic carbocycles. The van der Waals surface area contributed by atoms with Gasteiger partial charge in [-0.2, -0.15) is 0 Å². The van der Waals surface area contributed by atoms with Gasteiger partial charge < -0.3 is 0 Å². The Kier molecular flexibility index (Phi) is 4.52. The molecule has 0 N–H and O–H groups in total.